The first-order valence-electron chi connectivity index (χ1n) is 10.4. The first-order chi connectivity index (χ1) is 16.3. The van der Waals surface area contributed by atoms with Crippen molar-refractivity contribution >= 4 is 43.2 Å². The van der Waals surface area contributed by atoms with E-state index in [0.29, 0.717) is 28.3 Å². The van der Waals surface area contributed by atoms with E-state index >= 15 is 0 Å². The number of fused-ring (bicyclic) bond motifs is 1. The van der Waals surface area contributed by atoms with E-state index in [4.69, 9.17) is 9.47 Å². The second-order valence-corrected chi connectivity index (χ2v) is 9.93. The second-order valence-electron chi connectivity index (χ2n) is 7.24. The van der Waals surface area contributed by atoms with E-state index in [-0.39, 0.29) is 4.90 Å². The molecule has 1 heterocycles. The smallest absolute Gasteiger partial charge is 0.279 e. The number of nitrogens with zero attached hydrogens (tertiary/aromatic N) is 2. The fourth-order valence-corrected chi connectivity index (χ4v) is 5.55. The van der Waals surface area contributed by atoms with E-state index in [1.54, 1.807) is 31.4 Å². The van der Waals surface area contributed by atoms with Gasteiger partial charge in [-0.1, -0.05) is 11.3 Å². The van der Waals surface area contributed by atoms with Crippen molar-refractivity contribution in [3.63, 3.8) is 0 Å². The molecule has 0 aliphatic heterocycles. The number of ether oxygens (including phenoxy) is 2. The number of sulfonamides is 1. The highest BCUT2D eigenvalue weighted by molar-refractivity contribution is 7.92. The molecule has 0 aliphatic rings. The number of hydrogen-bond acceptors (Lipinski definition) is 6. The lowest BCUT2D eigenvalue weighted by molar-refractivity contribution is 0.0998. The van der Waals surface area contributed by atoms with Crippen LogP contribution in [0.2, 0.25) is 0 Å². The molecule has 4 rings (SSSR count). The maximum Gasteiger partial charge on any atom is 0.279 e. The Morgan fingerprint density at radius 3 is 2.24 bits per heavy atom. The summed E-state index contributed by atoms with van der Waals surface area (Å²) in [5.41, 5.74) is 1.66. The van der Waals surface area contributed by atoms with Gasteiger partial charge in [-0.3, -0.25) is 9.52 Å². The Labute approximate surface area is 201 Å². The molecule has 0 unspecified atom stereocenters. The molecular formula is C24H23N3O5S2. The first-order valence-corrected chi connectivity index (χ1v) is 12.7. The maximum atomic E-state index is 12.8. The Morgan fingerprint density at radius 1 is 0.971 bits per heavy atom. The Bertz CT molecular complexity index is 1500. The van der Waals surface area contributed by atoms with Gasteiger partial charge >= 0.3 is 0 Å². The molecule has 0 fully saturated rings. The molecule has 0 bridgehead atoms. The number of amides is 1. The van der Waals surface area contributed by atoms with Crippen LogP contribution in [0.25, 0.3) is 10.2 Å². The Kier molecular flexibility index (Phi) is 6.71. The van der Waals surface area contributed by atoms with Crippen molar-refractivity contribution in [2.24, 2.45) is 4.99 Å². The van der Waals surface area contributed by atoms with Crippen molar-refractivity contribution in [2.45, 2.75) is 18.4 Å². The zero-order valence-corrected chi connectivity index (χ0v) is 20.4. The molecule has 3 aromatic carbocycles. The number of aryl methyl sites for hydroxylation is 1. The number of carbonyl (C=O) groups is 1. The van der Waals surface area contributed by atoms with Crippen molar-refractivity contribution in [1.29, 1.82) is 0 Å². The van der Waals surface area contributed by atoms with E-state index in [0.717, 1.165) is 16.0 Å². The number of nitrogens with one attached hydrogen (secondary N) is 1. The quantitative estimate of drug-likeness (QED) is 0.411. The largest absolute Gasteiger partial charge is 0.497 e. The molecule has 34 heavy (non-hydrogen) atoms. The van der Waals surface area contributed by atoms with Gasteiger partial charge in [-0.05, 0) is 73.7 Å². The highest BCUT2D eigenvalue weighted by Crippen LogP contribution is 2.23. The normalized spacial score (nSPS) is 12.0. The topological polar surface area (TPSA) is 99.0 Å². The molecule has 0 radical (unpaired) electrons. The first kappa shape index (κ1) is 23.5. The van der Waals surface area contributed by atoms with Gasteiger partial charge in [0.05, 0.1) is 29.3 Å². The SMILES string of the molecule is CCn1c(=NC(=O)c2ccc(NS(=O)(=O)c3ccc(OC)cc3)cc2)sc2cc(OC)ccc21. The van der Waals surface area contributed by atoms with E-state index in [9.17, 15) is 13.2 Å². The van der Waals surface area contributed by atoms with Crippen LogP contribution in [-0.4, -0.2) is 33.1 Å². The summed E-state index contributed by atoms with van der Waals surface area (Å²) in [6.07, 6.45) is 0. The average Bonchev–Trinajstić information content (AvgIpc) is 3.20. The van der Waals surface area contributed by atoms with Gasteiger partial charge in [0.25, 0.3) is 15.9 Å². The van der Waals surface area contributed by atoms with Gasteiger partial charge in [-0.25, -0.2) is 8.42 Å². The molecule has 0 spiro atoms. The van der Waals surface area contributed by atoms with Crippen LogP contribution in [0.3, 0.4) is 0 Å². The Balaban J connectivity index is 1.57. The molecule has 8 nitrogen and oxygen atoms in total. The molecule has 176 valence electrons. The summed E-state index contributed by atoms with van der Waals surface area (Å²) < 4.78 is 41.0. The van der Waals surface area contributed by atoms with Crippen LogP contribution in [-0.2, 0) is 16.6 Å². The second kappa shape index (κ2) is 9.70. The average molecular weight is 498 g/mol. The molecule has 4 aromatic rings. The lowest BCUT2D eigenvalue weighted by Crippen LogP contribution is -2.16. The molecule has 0 saturated carbocycles. The van der Waals surface area contributed by atoms with Crippen molar-refractivity contribution in [3.05, 3.63) is 77.1 Å². The summed E-state index contributed by atoms with van der Waals surface area (Å²) in [4.78, 5) is 17.8. The van der Waals surface area contributed by atoms with Crippen molar-refractivity contribution in [1.82, 2.24) is 4.57 Å². The summed E-state index contributed by atoms with van der Waals surface area (Å²) in [5.74, 6) is 0.889. The molecule has 10 heteroatoms. The number of carbonyl (C=O) groups excluding carboxylic acids is 1. The summed E-state index contributed by atoms with van der Waals surface area (Å²) in [5, 5.41) is 0. The van der Waals surface area contributed by atoms with E-state index < -0.39 is 15.9 Å². The maximum absolute atomic E-state index is 12.8. The van der Waals surface area contributed by atoms with E-state index in [1.807, 2.05) is 29.7 Å². The minimum atomic E-state index is -3.78. The third kappa shape index (κ3) is 4.82. The predicted octanol–water partition coefficient (Wildman–Crippen LogP) is 4.28. The number of thiazole rings is 1. The Morgan fingerprint density at radius 2 is 1.62 bits per heavy atom. The van der Waals surface area contributed by atoms with Gasteiger partial charge in [-0.2, -0.15) is 4.99 Å². The number of anilines is 1. The summed E-state index contributed by atoms with van der Waals surface area (Å²) >= 11 is 1.41. The summed E-state index contributed by atoms with van der Waals surface area (Å²) in [6.45, 7) is 2.65. The van der Waals surface area contributed by atoms with Gasteiger partial charge in [0, 0.05) is 17.8 Å². The van der Waals surface area contributed by atoms with Crippen LogP contribution in [0.4, 0.5) is 5.69 Å². The van der Waals surface area contributed by atoms with Crippen LogP contribution in [0.5, 0.6) is 11.5 Å². The molecule has 1 aromatic heterocycles. The zero-order valence-electron chi connectivity index (χ0n) is 18.8. The summed E-state index contributed by atoms with van der Waals surface area (Å²) in [7, 11) is -0.656. The van der Waals surface area contributed by atoms with Crippen LogP contribution < -0.4 is 19.0 Å². The lowest BCUT2D eigenvalue weighted by atomic mass is 10.2. The lowest BCUT2D eigenvalue weighted by Gasteiger charge is -2.09. The van der Waals surface area contributed by atoms with Gasteiger partial charge < -0.3 is 14.0 Å². The molecule has 0 atom stereocenters. The predicted molar refractivity (Wildman–Crippen MR) is 132 cm³/mol. The van der Waals surface area contributed by atoms with Crippen molar-refractivity contribution in [3.8, 4) is 11.5 Å². The molecule has 0 aliphatic carbocycles. The molecule has 1 N–H and O–H groups in total. The fourth-order valence-electron chi connectivity index (χ4n) is 3.37. The van der Waals surface area contributed by atoms with Gasteiger partial charge in [0.1, 0.15) is 11.5 Å². The standard InChI is InChI=1S/C24H23N3O5S2/c1-4-27-21-14-11-19(32-3)15-22(21)33-24(27)25-23(28)16-5-7-17(8-6-16)26-34(29,30)20-12-9-18(31-2)10-13-20/h5-15,26H,4H2,1-3H3. The van der Waals surface area contributed by atoms with Gasteiger partial charge in [0.2, 0.25) is 0 Å². The summed E-state index contributed by atoms with van der Waals surface area (Å²) in [6, 6.07) is 18.0. The highest BCUT2D eigenvalue weighted by atomic mass is 32.2. The van der Waals surface area contributed by atoms with Gasteiger partial charge in [-0.15, -0.1) is 0 Å². The number of benzene rings is 3. The molecular weight excluding hydrogens is 474 g/mol. The van der Waals surface area contributed by atoms with Crippen LogP contribution in [0.1, 0.15) is 17.3 Å². The Hall–Kier alpha value is -3.63. The number of aromatic nitrogens is 1. The van der Waals surface area contributed by atoms with Crippen molar-refractivity contribution in [2.75, 3.05) is 18.9 Å². The van der Waals surface area contributed by atoms with E-state index in [1.165, 1.54) is 42.7 Å². The highest BCUT2D eigenvalue weighted by Gasteiger charge is 2.15. The fraction of sp³-hybridized carbons (Fsp3) is 0.167. The minimum absolute atomic E-state index is 0.106. The van der Waals surface area contributed by atoms with Crippen LogP contribution in [0.15, 0.2) is 76.6 Å². The molecule has 0 saturated heterocycles. The van der Waals surface area contributed by atoms with Crippen LogP contribution >= 0.6 is 11.3 Å². The number of methoxy groups -OCH3 is 2. The number of hydrogen-bond donors (Lipinski definition) is 1. The molecule has 1 amide bonds. The van der Waals surface area contributed by atoms with Crippen molar-refractivity contribution < 1.29 is 22.7 Å². The van der Waals surface area contributed by atoms with Crippen LogP contribution in [0, 0.1) is 0 Å². The zero-order chi connectivity index (χ0) is 24.3. The number of rotatable bonds is 7. The minimum Gasteiger partial charge on any atom is -0.497 e. The third-order valence-corrected chi connectivity index (χ3v) is 7.60. The third-order valence-electron chi connectivity index (χ3n) is 5.16. The van der Waals surface area contributed by atoms with E-state index in [2.05, 4.69) is 9.71 Å². The monoisotopic (exact) mass is 497 g/mol. The van der Waals surface area contributed by atoms with Gasteiger partial charge in [0.15, 0.2) is 4.80 Å².